The first-order valence-electron chi connectivity index (χ1n) is 5.04. The molecule has 0 aromatic carbocycles. The number of hydrogen-bond acceptors (Lipinski definition) is 2. The molecule has 13 heavy (non-hydrogen) atoms. The fourth-order valence-corrected chi connectivity index (χ4v) is 1.45. The van der Waals surface area contributed by atoms with Gasteiger partial charge in [-0.25, -0.2) is 0 Å². The molecular formula is C10H19N3. The van der Waals surface area contributed by atoms with Gasteiger partial charge in [-0.1, -0.05) is 13.8 Å². The number of rotatable bonds is 5. The fraction of sp³-hybridized carbons (Fsp3) is 0.700. The van der Waals surface area contributed by atoms with Crippen LogP contribution in [0.1, 0.15) is 32.4 Å². The standard InChI is InChI=1S/C10H19N3/c1-4-6-13(7-5-2)10-8-9(3)11-12-10/h8H,4-7H2,1-3H3,(H,11,12). The van der Waals surface area contributed by atoms with Crippen LogP contribution in [-0.2, 0) is 0 Å². The summed E-state index contributed by atoms with van der Waals surface area (Å²) in [5.41, 5.74) is 1.13. The molecule has 0 aliphatic heterocycles. The molecule has 0 fully saturated rings. The summed E-state index contributed by atoms with van der Waals surface area (Å²) in [6.07, 6.45) is 2.35. The van der Waals surface area contributed by atoms with E-state index in [0.717, 1.165) is 24.6 Å². The van der Waals surface area contributed by atoms with Crippen LogP contribution in [0.5, 0.6) is 0 Å². The Labute approximate surface area is 80.1 Å². The second-order valence-corrected chi connectivity index (χ2v) is 3.40. The summed E-state index contributed by atoms with van der Waals surface area (Å²) in [4.78, 5) is 2.32. The van der Waals surface area contributed by atoms with Crippen molar-refractivity contribution in [2.45, 2.75) is 33.6 Å². The number of aryl methyl sites for hydroxylation is 1. The van der Waals surface area contributed by atoms with Gasteiger partial charge in [0.25, 0.3) is 0 Å². The van der Waals surface area contributed by atoms with Crippen LogP contribution < -0.4 is 4.90 Å². The maximum absolute atomic E-state index is 4.25. The van der Waals surface area contributed by atoms with E-state index in [1.54, 1.807) is 0 Å². The van der Waals surface area contributed by atoms with Gasteiger partial charge in [0.05, 0.1) is 0 Å². The zero-order valence-electron chi connectivity index (χ0n) is 8.80. The number of nitrogens with zero attached hydrogens (tertiary/aromatic N) is 2. The van der Waals surface area contributed by atoms with Gasteiger partial charge >= 0.3 is 0 Å². The van der Waals surface area contributed by atoms with Gasteiger partial charge in [0.15, 0.2) is 5.82 Å². The summed E-state index contributed by atoms with van der Waals surface area (Å²) in [7, 11) is 0. The average Bonchev–Trinajstić information content (AvgIpc) is 2.51. The molecule has 1 aromatic heterocycles. The van der Waals surface area contributed by atoms with E-state index in [1.165, 1.54) is 12.8 Å². The molecule has 0 aliphatic carbocycles. The van der Waals surface area contributed by atoms with Gasteiger partial charge in [-0.3, -0.25) is 5.10 Å². The second kappa shape index (κ2) is 4.90. The summed E-state index contributed by atoms with van der Waals surface area (Å²) in [6, 6.07) is 2.10. The Morgan fingerprint density at radius 3 is 2.31 bits per heavy atom. The molecule has 0 amide bonds. The maximum Gasteiger partial charge on any atom is 0.150 e. The Bertz CT molecular complexity index is 236. The number of anilines is 1. The first kappa shape index (κ1) is 10.1. The predicted molar refractivity (Wildman–Crippen MR) is 56.1 cm³/mol. The molecule has 3 nitrogen and oxygen atoms in total. The number of nitrogens with one attached hydrogen (secondary N) is 1. The van der Waals surface area contributed by atoms with Gasteiger partial charge in [-0.2, -0.15) is 5.10 Å². The highest BCUT2D eigenvalue weighted by atomic mass is 15.3. The van der Waals surface area contributed by atoms with Gasteiger partial charge in [0, 0.05) is 24.8 Å². The largest absolute Gasteiger partial charge is 0.355 e. The van der Waals surface area contributed by atoms with Gasteiger partial charge in [-0.05, 0) is 19.8 Å². The van der Waals surface area contributed by atoms with E-state index >= 15 is 0 Å². The van der Waals surface area contributed by atoms with Crippen LogP contribution in [-0.4, -0.2) is 23.3 Å². The Morgan fingerprint density at radius 1 is 1.31 bits per heavy atom. The Balaban J connectivity index is 2.63. The summed E-state index contributed by atoms with van der Waals surface area (Å²) in [5.74, 6) is 1.08. The summed E-state index contributed by atoms with van der Waals surface area (Å²) >= 11 is 0. The van der Waals surface area contributed by atoms with E-state index in [4.69, 9.17) is 0 Å². The first-order valence-corrected chi connectivity index (χ1v) is 5.04. The minimum absolute atomic E-state index is 1.08. The van der Waals surface area contributed by atoms with Crippen molar-refractivity contribution in [3.05, 3.63) is 11.8 Å². The highest BCUT2D eigenvalue weighted by Crippen LogP contribution is 2.12. The van der Waals surface area contributed by atoms with Gasteiger partial charge in [-0.15, -0.1) is 0 Å². The normalized spacial score (nSPS) is 10.4. The number of H-pyrrole nitrogens is 1. The third kappa shape index (κ3) is 2.76. The molecule has 0 atom stereocenters. The Morgan fingerprint density at radius 2 is 1.92 bits per heavy atom. The Kier molecular flexibility index (Phi) is 3.80. The van der Waals surface area contributed by atoms with E-state index in [2.05, 4.69) is 35.0 Å². The van der Waals surface area contributed by atoms with Crippen LogP contribution in [0.15, 0.2) is 6.07 Å². The van der Waals surface area contributed by atoms with Crippen molar-refractivity contribution in [2.75, 3.05) is 18.0 Å². The van der Waals surface area contributed by atoms with E-state index in [1.807, 2.05) is 6.92 Å². The van der Waals surface area contributed by atoms with Crippen molar-refractivity contribution < 1.29 is 0 Å². The van der Waals surface area contributed by atoms with Crippen molar-refractivity contribution >= 4 is 5.82 Å². The number of aromatic nitrogens is 2. The molecule has 0 bridgehead atoms. The van der Waals surface area contributed by atoms with Crippen molar-refractivity contribution in [1.82, 2.24) is 10.2 Å². The lowest BCUT2D eigenvalue weighted by Crippen LogP contribution is -2.25. The van der Waals surface area contributed by atoms with Crippen LogP contribution >= 0.6 is 0 Å². The first-order chi connectivity index (χ1) is 6.27. The zero-order chi connectivity index (χ0) is 9.68. The van der Waals surface area contributed by atoms with Gasteiger partial charge in [0.1, 0.15) is 0 Å². The van der Waals surface area contributed by atoms with E-state index in [-0.39, 0.29) is 0 Å². The van der Waals surface area contributed by atoms with Crippen molar-refractivity contribution in [2.24, 2.45) is 0 Å². The monoisotopic (exact) mass is 181 g/mol. The summed E-state index contributed by atoms with van der Waals surface area (Å²) < 4.78 is 0. The minimum Gasteiger partial charge on any atom is -0.355 e. The maximum atomic E-state index is 4.25. The van der Waals surface area contributed by atoms with Crippen LogP contribution in [0.25, 0.3) is 0 Å². The third-order valence-corrected chi connectivity index (χ3v) is 2.00. The predicted octanol–water partition coefficient (Wildman–Crippen LogP) is 2.34. The molecule has 0 spiro atoms. The topological polar surface area (TPSA) is 31.9 Å². The SMILES string of the molecule is CCCN(CCC)c1cc(C)[nH]n1. The Hall–Kier alpha value is -0.990. The van der Waals surface area contributed by atoms with Crippen molar-refractivity contribution in [3.63, 3.8) is 0 Å². The molecule has 1 aromatic rings. The summed E-state index contributed by atoms with van der Waals surface area (Å²) in [5, 5.41) is 7.23. The van der Waals surface area contributed by atoms with Crippen LogP contribution in [0.4, 0.5) is 5.82 Å². The average molecular weight is 181 g/mol. The molecular weight excluding hydrogens is 162 g/mol. The van der Waals surface area contributed by atoms with Gasteiger partial charge < -0.3 is 4.90 Å². The van der Waals surface area contributed by atoms with Crippen LogP contribution in [0.3, 0.4) is 0 Å². The van der Waals surface area contributed by atoms with Gasteiger partial charge in [0.2, 0.25) is 0 Å². The molecule has 74 valence electrons. The lowest BCUT2D eigenvalue weighted by atomic mass is 10.3. The second-order valence-electron chi connectivity index (χ2n) is 3.40. The van der Waals surface area contributed by atoms with Crippen LogP contribution in [0.2, 0.25) is 0 Å². The number of aromatic amines is 1. The molecule has 0 saturated heterocycles. The summed E-state index contributed by atoms with van der Waals surface area (Å²) in [6.45, 7) is 8.62. The number of hydrogen-bond donors (Lipinski definition) is 1. The van der Waals surface area contributed by atoms with Crippen LogP contribution in [0, 0.1) is 6.92 Å². The quantitative estimate of drug-likeness (QED) is 0.756. The van der Waals surface area contributed by atoms with E-state index in [9.17, 15) is 0 Å². The molecule has 0 saturated carbocycles. The molecule has 3 heteroatoms. The highest BCUT2D eigenvalue weighted by molar-refractivity contribution is 5.38. The molecule has 1 N–H and O–H groups in total. The molecule has 0 radical (unpaired) electrons. The van der Waals surface area contributed by atoms with Crippen molar-refractivity contribution in [3.8, 4) is 0 Å². The molecule has 0 unspecified atom stereocenters. The fourth-order valence-electron chi connectivity index (χ4n) is 1.45. The molecule has 1 rings (SSSR count). The molecule has 1 heterocycles. The molecule has 0 aliphatic rings. The smallest absolute Gasteiger partial charge is 0.150 e. The lowest BCUT2D eigenvalue weighted by Gasteiger charge is -2.20. The van der Waals surface area contributed by atoms with E-state index in [0.29, 0.717) is 0 Å². The third-order valence-electron chi connectivity index (χ3n) is 2.00. The van der Waals surface area contributed by atoms with E-state index < -0.39 is 0 Å². The lowest BCUT2D eigenvalue weighted by molar-refractivity contribution is 0.732. The van der Waals surface area contributed by atoms with Crippen molar-refractivity contribution in [1.29, 1.82) is 0 Å². The zero-order valence-corrected chi connectivity index (χ0v) is 8.80. The highest BCUT2D eigenvalue weighted by Gasteiger charge is 2.06. The minimum atomic E-state index is 1.08.